The maximum absolute atomic E-state index is 10.5. The summed E-state index contributed by atoms with van der Waals surface area (Å²) < 4.78 is 0. The van der Waals surface area contributed by atoms with Gasteiger partial charge < -0.3 is 5.43 Å². The Kier molecular flexibility index (Phi) is 1.55. The van der Waals surface area contributed by atoms with E-state index in [1.165, 1.54) is 0 Å². The lowest BCUT2D eigenvalue weighted by Crippen LogP contribution is -2.46. The van der Waals surface area contributed by atoms with Gasteiger partial charge in [-0.15, -0.1) is 0 Å². The van der Waals surface area contributed by atoms with Gasteiger partial charge >= 0.3 is 0 Å². The molecule has 0 radical (unpaired) electrons. The van der Waals surface area contributed by atoms with Crippen LogP contribution < -0.4 is 10.9 Å². The molecule has 0 aromatic heterocycles. The molecule has 0 saturated carbocycles. The van der Waals surface area contributed by atoms with Gasteiger partial charge in [-0.25, -0.2) is 5.43 Å². The van der Waals surface area contributed by atoms with Crippen molar-refractivity contribution in [3.63, 3.8) is 0 Å². The molecule has 0 spiro atoms. The molecule has 0 unspecified atom stereocenters. The van der Waals surface area contributed by atoms with Crippen LogP contribution in [0.2, 0.25) is 0 Å². The maximum Gasteiger partial charge on any atom is 0.155 e. The Morgan fingerprint density at radius 3 is 2.75 bits per heavy atom. The number of hydrogen-bond donors (Lipinski definition) is 2. The summed E-state index contributed by atoms with van der Waals surface area (Å²) in [5.41, 5.74) is 5.32. The monoisotopic (exact) mass is 130 g/mol. The van der Waals surface area contributed by atoms with Gasteiger partial charge in [0.2, 0.25) is 0 Å². The molecule has 1 saturated heterocycles. The zero-order valence-electron chi connectivity index (χ0n) is 4.23. The van der Waals surface area contributed by atoms with E-state index in [9.17, 15) is 4.79 Å². The summed E-state index contributed by atoms with van der Waals surface area (Å²) in [7, 11) is 0. The van der Waals surface area contributed by atoms with Crippen LogP contribution in [0.1, 0.15) is 6.42 Å². The van der Waals surface area contributed by atoms with Crippen molar-refractivity contribution in [2.24, 2.45) is 0 Å². The zero-order valence-corrected chi connectivity index (χ0v) is 5.05. The smallest absolute Gasteiger partial charge is 0.155 e. The molecule has 2 N–H and O–H groups in total. The molecule has 3 nitrogen and oxygen atoms in total. The fraction of sp³-hybridized carbons (Fsp3) is 0.500. The molecule has 0 aliphatic carbocycles. The topological polar surface area (TPSA) is 41.1 Å². The fourth-order valence-corrected chi connectivity index (χ4v) is 0.760. The number of hydrazine groups is 1. The summed E-state index contributed by atoms with van der Waals surface area (Å²) >= 11 is 4.69. The summed E-state index contributed by atoms with van der Waals surface area (Å²) in [6.45, 7) is 0.389. The number of hydrogen-bond acceptors (Lipinski definition) is 3. The van der Waals surface area contributed by atoms with E-state index < -0.39 is 0 Å². The first-order valence-electron chi connectivity index (χ1n) is 2.32. The largest absolute Gasteiger partial charge is 0.315 e. The Bertz CT molecular complexity index is 120. The summed E-state index contributed by atoms with van der Waals surface area (Å²) in [4.78, 5) is 11.1. The van der Waals surface area contributed by atoms with Crippen LogP contribution in [0.5, 0.6) is 0 Å². The van der Waals surface area contributed by atoms with E-state index in [4.69, 9.17) is 0 Å². The van der Waals surface area contributed by atoms with Crippen molar-refractivity contribution in [3.05, 3.63) is 0 Å². The van der Waals surface area contributed by atoms with Crippen molar-refractivity contribution >= 4 is 23.0 Å². The van der Waals surface area contributed by atoms with Crippen molar-refractivity contribution in [1.82, 2.24) is 10.9 Å². The third kappa shape index (κ3) is 1.24. The zero-order chi connectivity index (χ0) is 5.98. The molecule has 1 heterocycles. The normalized spacial score (nSPS) is 20.5. The third-order valence-corrected chi connectivity index (χ3v) is 1.12. The second kappa shape index (κ2) is 2.19. The summed E-state index contributed by atoms with van der Waals surface area (Å²) in [5.74, 6) is 0.147. The standard InChI is InChI=1S/C4H6N2OS/c7-3-1-4(8)6-5-2-3/h5H,1-2H2,(H,6,8). The first-order chi connectivity index (χ1) is 3.79. The molecule has 0 aromatic rings. The van der Waals surface area contributed by atoms with Crippen molar-refractivity contribution in [3.8, 4) is 0 Å². The van der Waals surface area contributed by atoms with Gasteiger partial charge in [0, 0.05) is 0 Å². The third-order valence-electron chi connectivity index (χ3n) is 0.871. The molecule has 0 bridgehead atoms. The van der Waals surface area contributed by atoms with E-state index in [0.29, 0.717) is 18.0 Å². The Labute approximate surface area is 52.4 Å². The van der Waals surface area contributed by atoms with Crippen LogP contribution in [0.3, 0.4) is 0 Å². The molecule has 44 valence electrons. The van der Waals surface area contributed by atoms with E-state index in [0.717, 1.165) is 0 Å². The Balaban J connectivity index is 2.45. The molecule has 8 heavy (non-hydrogen) atoms. The average molecular weight is 130 g/mol. The number of thiocarbonyl (C=S) groups is 1. The van der Waals surface area contributed by atoms with E-state index in [2.05, 4.69) is 23.1 Å². The van der Waals surface area contributed by atoms with Crippen LogP contribution in [0.15, 0.2) is 0 Å². The Hall–Kier alpha value is -0.480. The van der Waals surface area contributed by atoms with Gasteiger partial charge in [0.25, 0.3) is 0 Å². The van der Waals surface area contributed by atoms with Crippen molar-refractivity contribution < 1.29 is 4.79 Å². The van der Waals surface area contributed by atoms with Crippen LogP contribution in [0, 0.1) is 0 Å². The highest BCUT2D eigenvalue weighted by Crippen LogP contribution is 1.87. The van der Waals surface area contributed by atoms with Crippen LogP contribution in [0.4, 0.5) is 0 Å². The predicted molar refractivity (Wildman–Crippen MR) is 33.4 cm³/mol. The van der Waals surface area contributed by atoms with Gasteiger partial charge in [-0.2, -0.15) is 0 Å². The summed E-state index contributed by atoms with van der Waals surface area (Å²) in [5, 5.41) is 0. The van der Waals surface area contributed by atoms with Crippen LogP contribution in [-0.4, -0.2) is 17.3 Å². The van der Waals surface area contributed by atoms with Crippen molar-refractivity contribution in [2.75, 3.05) is 6.54 Å². The summed E-state index contributed by atoms with van der Waals surface area (Å²) in [6.07, 6.45) is 0.391. The van der Waals surface area contributed by atoms with Gasteiger partial charge in [-0.05, 0) is 0 Å². The molecule has 0 amide bonds. The number of rotatable bonds is 0. The molecule has 1 aliphatic rings. The van der Waals surface area contributed by atoms with Crippen molar-refractivity contribution in [1.29, 1.82) is 0 Å². The molecular weight excluding hydrogens is 124 g/mol. The van der Waals surface area contributed by atoms with Crippen molar-refractivity contribution in [2.45, 2.75) is 6.42 Å². The van der Waals surface area contributed by atoms with Crippen LogP contribution in [-0.2, 0) is 4.79 Å². The predicted octanol–water partition coefficient (Wildman–Crippen LogP) is -0.619. The van der Waals surface area contributed by atoms with Gasteiger partial charge in [-0.3, -0.25) is 4.79 Å². The quantitative estimate of drug-likeness (QED) is 0.429. The fourth-order valence-electron chi connectivity index (χ4n) is 0.527. The van der Waals surface area contributed by atoms with E-state index >= 15 is 0 Å². The number of ketones is 1. The van der Waals surface area contributed by atoms with Gasteiger partial charge in [-0.1, -0.05) is 12.2 Å². The minimum Gasteiger partial charge on any atom is -0.315 e. The lowest BCUT2D eigenvalue weighted by atomic mass is 10.2. The second-order valence-corrected chi connectivity index (χ2v) is 2.11. The number of carbonyl (C=O) groups excluding carboxylic acids is 1. The molecule has 1 aliphatic heterocycles. The number of carbonyl (C=O) groups is 1. The summed E-state index contributed by atoms with van der Waals surface area (Å²) in [6, 6.07) is 0. The lowest BCUT2D eigenvalue weighted by molar-refractivity contribution is -0.117. The van der Waals surface area contributed by atoms with Gasteiger partial charge in [0.15, 0.2) is 5.78 Å². The van der Waals surface area contributed by atoms with E-state index in [-0.39, 0.29) is 5.78 Å². The van der Waals surface area contributed by atoms with E-state index in [1.807, 2.05) is 0 Å². The lowest BCUT2D eigenvalue weighted by Gasteiger charge is -2.13. The molecule has 1 fully saturated rings. The van der Waals surface area contributed by atoms with Gasteiger partial charge in [0.05, 0.1) is 18.0 Å². The minimum absolute atomic E-state index is 0.147. The van der Waals surface area contributed by atoms with Gasteiger partial charge in [0.1, 0.15) is 0 Å². The maximum atomic E-state index is 10.5. The highest BCUT2D eigenvalue weighted by molar-refractivity contribution is 7.80. The Morgan fingerprint density at radius 2 is 2.38 bits per heavy atom. The number of nitrogens with one attached hydrogen (secondary N) is 2. The number of Topliss-reactive ketones (excluding diaryl/α,β-unsaturated/α-hetero) is 1. The Morgan fingerprint density at radius 1 is 1.62 bits per heavy atom. The minimum atomic E-state index is 0.147. The average Bonchev–Trinajstić information content (AvgIpc) is 1.64. The SMILES string of the molecule is O=C1CNNC(=S)C1. The highest BCUT2D eigenvalue weighted by atomic mass is 32.1. The highest BCUT2D eigenvalue weighted by Gasteiger charge is 2.09. The van der Waals surface area contributed by atoms with Crippen LogP contribution >= 0.6 is 12.2 Å². The molecule has 1 rings (SSSR count). The first-order valence-corrected chi connectivity index (χ1v) is 2.73. The second-order valence-electron chi connectivity index (χ2n) is 1.62. The molecule has 0 atom stereocenters. The molecular formula is C4H6N2OS. The molecule has 4 heteroatoms. The van der Waals surface area contributed by atoms with Crippen LogP contribution in [0.25, 0.3) is 0 Å². The van der Waals surface area contributed by atoms with E-state index in [1.54, 1.807) is 0 Å². The first kappa shape index (κ1) is 5.65. The molecule has 0 aromatic carbocycles.